The van der Waals surface area contributed by atoms with Crippen LogP contribution in [0.25, 0.3) is 0 Å². The first-order valence-corrected chi connectivity index (χ1v) is 7.47. The predicted molar refractivity (Wildman–Crippen MR) is 79.3 cm³/mol. The van der Waals surface area contributed by atoms with E-state index in [9.17, 15) is 4.79 Å². The molecule has 2 rings (SSSR count). The van der Waals surface area contributed by atoms with E-state index in [2.05, 4.69) is 19.2 Å². The third-order valence-corrected chi connectivity index (χ3v) is 3.99. The van der Waals surface area contributed by atoms with Crippen molar-refractivity contribution in [2.24, 2.45) is 11.1 Å². The van der Waals surface area contributed by atoms with Crippen LogP contribution in [0.5, 0.6) is 0 Å². The molecule has 112 valence electrons. The highest BCUT2D eigenvalue weighted by Crippen LogP contribution is 2.41. The summed E-state index contributed by atoms with van der Waals surface area (Å²) in [5.41, 5.74) is 7.16. The SMILES string of the molecule is CCC[C@@H](N)C(=O)NC1CC(C)(C)Cc2oc(C)cc21. The van der Waals surface area contributed by atoms with Crippen molar-refractivity contribution in [2.45, 2.75) is 65.5 Å². The first-order valence-electron chi connectivity index (χ1n) is 7.47. The van der Waals surface area contributed by atoms with Gasteiger partial charge in [0, 0.05) is 12.0 Å². The molecule has 1 aliphatic rings. The van der Waals surface area contributed by atoms with Crippen LogP contribution in [-0.4, -0.2) is 11.9 Å². The highest BCUT2D eigenvalue weighted by molar-refractivity contribution is 5.81. The number of rotatable bonds is 4. The number of hydrogen-bond acceptors (Lipinski definition) is 3. The second-order valence-corrected chi connectivity index (χ2v) is 6.74. The van der Waals surface area contributed by atoms with E-state index in [4.69, 9.17) is 10.2 Å². The van der Waals surface area contributed by atoms with E-state index in [0.29, 0.717) is 0 Å². The molecule has 1 aromatic rings. The highest BCUT2D eigenvalue weighted by atomic mass is 16.3. The lowest BCUT2D eigenvalue weighted by molar-refractivity contribution is -0.123. The van der Waals surface area contributed by atoms with Crippen LogP contribution in [0.4, 0.5) is 0 Å². The van der Waals surface area contributed by atoms with Gasteiger partial charge >= 0.3 is 0 Å². The van der Waals surface area contributed by atoms with E-state index in [1.54, 1.807) is 0 Å². The number of fused-ring (bicyclic) bond motifs is 1. The second-order valence-electron chi connectivity index (χ2n) is 6.74. The van der Waals surface area contributed by atoms with Gasteiger partial charge in [0.15, 0.2) is 0 Å². The zero-order valence-corrected chi connectivity index (χ0v) is 13.0. The molecule has 1 aromatic heterocycles. The fourth-order valence-corrected chi connectivity index (χ4v) is 3.03. The number of nitrogens with one attached hydrogen (secondary N) is 1. The van der Waals surface area contributed by atoms with Crippen LogP contribution in [0.15, 0.2) is 10.5 Å². The van der Waals surface area contributed by atoms with E-state index >= 15 is 0 Å². The number of furan rings is 1. The molecule has 1 unspecified atom stereocenters. The minimum absolute atomic E-state index is 0.0154. The van der Waals surface area contributed by atoms with Crippen molar-refractivity contribution in [3.05, 3.63) is 23.2 Å². The summed E-state index contributed by atoms with van der Waals surface area (Å²) in [4.78, 5) is 12.2. The molecule has 1 aliphatic carbocycles. The molecule has 0 radical (unpaired) electrons. The fourth-order valence-electron chi connectivity index (χ4n) is 3.03. The van der Waals surface area contributed by atoms with E-state index in [1.807, 2.05) is 19.9 Å². The summed E-state index contributed by atoms with van der Waals surface area (Å²) in [5, 5.41) is 3.10. The summed E-state index contributed by atoms with van der Waals surface area (Å²) in [5.74, 6) is 1.86. The summed E-state index contributed by atoms with van der Waals surface area (Å²) in [7, 11) is 0. The summed E-state index contributed by atoms with van der Waals surface area (Å²) < 4.78 is 5.78. The minimum atomic E-state index is -0.415. The molecule has 0 spiro atoms. The van der Waals surface area contributed by atoms with E-state index in [1.165, 1.54) is 0 Å². The molecule has 3 N–H and O–H groups in total. The van der Waals surface area contributed by atoms with E-state index in [-0.39, 0.29) is 17.4 Å². The lowest BCUT2D eigenvalue weighted by Gasteiger charge is -2.35. The maximum absolute atomic E-state index is 12.2. The van der Waals surface area contributed by atoms with Crippen LogP contribution in [0.2, 0.25) is 0 Å². The van der Waals surface area contributed by atoms with Gasteiger partial charge in [0.2, 0.25) is 5.91 Å². The van der Waals surface area contributed by atoms with E-state index in [0.717, 1.165) is 42.8 Å². The Morgan fingerprint density at radius 3 is 2.95 bits per heavy atom. The minimum Gasteiger partial charge on any atom is -0.466 e. The largest absolute Gasteiger partial charge is 0.466 e. The van der Waals surface area contributed by atoms with Crippen molar-refractivity contribution in [3.8, 4) is 0 Å². The first kappa shape index (κ1) is 15.1. The molecule has 0 aromatic carbocycles. The molecule has 0 aliphatic heterocycles. The molecule has 0 fully saturated rings. The Kier molecular flexibility index (Phi) is 4.23. The third-order valence-electron chi connectivity index (χ3n) is 3.99. The number of carbonyl (C=O) groups excluding carboxylic acids is 1. The highest BCUT2D eigenvalue weighted by Gasteiger charge is 2.36. The Morgan fingerprint density at radius 1 is 1.60 bits per heavy atom. The van der Waals surface area contributed by atoms with Crippen LogP contribution in [0.3, 0.4) is 0 Å². The molecule has 20 heavy (non-hydrogen) atoms. The van der Waals surface area contributed by atoms with Gasteiger partial charge in [-0.3, -0.25) is 4.79 Å². The lowest BCUT2D eigenvalue weighted by Crippen LogP contribution is -2.44. The Bertz CT molecular complexity index is 491. The van der Waals surface area contributed by atoms with Crippen LogP contribution >= 0.6 is 0 Å². The van der Waals surface area contributed by atoms with Gasteiger partial charge in [-0.1, -0.05) is 27.2 Å². The zero-order chi connectivity index (χ0) is 14.9. The quantitative estimate of drug-likeness (QED) is 0.890. The molecule has 1 amide bonds. The van der Waals surface area contributed by atoms with Gasteiger partial charge in [-0.25, -0.2) is 0 Å². The summed E-state index contributed by atoms with van der Waals surface area (Å²) in [6, 6.07) is 1.64. The number of hydrogen-bond donors (Lipinski definition) is 2. The Balaban J connectivity index is 2.17. The Hall–Kier alpha value is -1.29. The maximum Gasteiger partial charge on any atom is 0.237 e. The number of amides is 1. The topological polar surface area (TPSA) is 68.3 Å². The molecule has 2 atom stereocenters. The Labute approximate surface area is 121 Å². The van der Waals surface area contributed by atoms with Crippen LogP contribution in [0.1, 0.15) is 63.2 Å². The van der Waals surface area contributed by atoms with Crippen molar-refractivity contribution >= 4 is 5.91 Å². The summed E-state index contributed by atoms with van der Waals surface area (Å²) in [6.07, 6.45) is 3.48. The first-order chi connectivity index (χ1) is 9.32. The lowest BCUT2D eigenvalue weighted by atomic mass is 9.74. The number of carbonyl (C=O) groups is 1. The molecule has 0 saturated heterocycles. The molecule has 4 heteroatoms. The molecular weight excluding hydrogens is 252 g/mol. The third kappa shape index (κ3) is 3.23. The zero-order valence-electron chi connectivity index (χ0n) is 13.0. The number of aryl methyl sites for hydroxylation is 1. The molecule has 0 saturated carbocycles. The average molecular weight is 278 g/mol. The predicted octanol–water partition coefficient (Wildman–Crippen LogP) is 2.85. The molecule has 1 heterocycles. The van der Waals surface area contributed by atoms with Gasteiger partial charge in [0.1, 0.15) is 11.5 Å². The van der Waals surface area contributed by atoms with Gasteiger partial charge in [-0.15, -0.1) is 0 Å². The number of nitrogens with two attached hydrogens (primary N) is 1. The van der Waals surface area contributed by atoms with Gasteiger partial charge in [-0.05, 0) is 31.2 Å². The van der Waals surface area contributed by atoms with Crippen molar-refractivity contribution in [2.75, 3.05) is 0 Å². The molecule has 4 nitrogen and oxygen atoms in total. The average Bonchev–Trinajstić information content (AvgIpc) is 2.68. The van der Waals surface area contributed by atoms with Crippen molar-refractivity contribution in [3.63, 3.8) is 0 Å². The monoisotopic (exact) mass is 278 g/mol. The van der Waals surface area contributed by atoms with Gasteiger partial charge in [0.25, 0.3) is 0 Å². The Morgan fingerprint density at radius 2 is 2.30 bits per heavy atom. The smallest absolute Gasteiger partial charge is 0.237 e. The van der Waals surface area contributed by atoms with Crippen LogP contribution < -0.4 is 11.1 Å². The van der Waals surface area contributed by atoms with Crippen molar-refractivity contribution in [1.29, 1.82) is 0 Å². The normalized spacial score (nSPS) is 22.1. The van der Waals surface area contributed by atoms with Crippen LogP contribution in [-0.2, 0) is 11.2 Å². The summed E-state index contributed by atoms with van der Waals surface area (Å²) in [6.45, 7) is 8.40. The fraction of sp³-hybridized carbons (Fsp3) is 0.688. The van der Waals surface area contributed by atoms with Crippen LogP contribution in [0, 0.1) is 12.3 Å². The van der Waals surface area contributed by atoms with Gasteiger partial charge in [-0.2, -0.15) is 0 Å². The molecule has 0 bridgehead atoms. The standard InChI is InChI=1S/C16H26N2O2/c1-5-6-12(17)15(19)18-13-8-16(3,4)9-14-11(13)7-10(2)20-14/h7,12-13H,5-6,8-9,17H2,1-4H3,(H,18,19)/t12-,13?/m1/s1. The second kappa shape index (κ2) is 5.60. The van der Waals surface area contributed by atoms with Crippen molar-refractivity contribution in [1.82, 2.24) is 5.32 Å². The summed E-state index contributed by atoms with van der Waals surface area (Å²) >= 11 is 0. The van der Waals surface area contributed by atoms with Gasteiger partial charge in [0.05, 0.1) is 12.1 Å². The molecular formula is C16H26N2O2. The maximum atomic E-state index is 12.2. The van der Waals surface area contributed by atoms with Gasteiger partial charge < -0.3 is 15.5 Å². The van der Waals surface area contributed by atoms with E-state index < -0.39 is 6.04 Å². The van der Waals surface area contributed by atoms with Crippen molar-refractivity contribution < 1.29 is 9.21 Å².